The molecule has 0 saturated carbocycles. The number of methoxy groups -OCH3 is 1. The van der Waals surface area contributed by atoms with E-state index >= 15 is 0 Å². The molecule has 0 aliphatic carbocycles. The number of halogens is 1. The van der Waals surface area contributed by atoms with Gasteiger partial charge in [-0.2, -0.15) is 0 Å². The van der Waals surface area contributed by atoms with Crippen molar-refractivity contribution in [3.63, 3.8) is 0 Å². The maximum atomic E-state index is 5.89. The number of fused-ring (bicyclic) bond motifs is 1. The van der Waals surface area contributed by atoms with Crippen molar-refractivity contribution in [3.05, 3.63) is 23.1 Å². The van der Waals surface area contributed by atoms with Crippen LogP contribution in [0.1, 0.15) is 5.56 Å². The van der Waals surface area contributed by atoms with Crippen LogP contribution < -0.4 is 10.5 Å². The maximum Gasteiger partial charge on any atom is 0.159 e. The van der Waals surface area contributed by atoms with Gasteiger partial charge in [-0.3, -0.25) is 0 Å². The Morgan fingerprint density at radius 3 is 3.00 bits per heavy atom. The second kappa shape index (κ2) is 3.79. The predicted molar refractivity (Wildman–Crippen MR) is 65.4 cm³/mol. The number of hydrogen-bond donors (Lipinski definition) is 1. The molecule has 0 fully saturated rings. The van der Waals surface area contributed by atoms with Gasteiger partial charge in [0.15, 0.2) is 5.75 Å². The van der Waals surface area contributed by atoms with E-state index in [4.69, 9.17) is 10.5 Å². The SMILES string of the molecule is COc1c(N)cc(CBr)c2ccsc12. The quantitative estimate of drug-likeness (QED) is 0.671. The lowest BCUT2D eigenvalue weighted by molar-refractivity contribution is 0.422. The van der Waals surface area contributed by atoms with Crippen molar-refractivity contribution >= 4 is 43.0 Å². The van der Waals surface area contributed by atoms with Crippen molar-refractivity contribution in [1.29, 1.82) is 0 Å². The summed E-state index contributed by atoms with van der Waals surface area (Å²) in [6.07, 6.45) is 0. The van der Waals surface area contributed by atoms with Crippen molar-refractivity contribution in [2.24, 2.45) is 0 Å². The summed E-state index contributed by atoms with van der Waals surface area (Å²) in [5.74, 6) is 0.791. The summed E-state index contributed by atoms with van der Waals surface area (Å²) >= 11 is 5.11. The van der Waals surface area contributed by atoms with Crippen molar-refractivity contribution < 1.29 is 4.74 Å². The third-order valence-electron chi connectivity index (χ3n) is 2.16. The van der Waals surface area contributed by atoms with Crippen molar-refractivity contribution in [2.75, 3.05) is 12.8 Å². The maximum absolute atomic E-state index is 5.89. The lowest BCUT2D eigenvalue weighted by Crippen LogP contribution is -1.94. The normalized spacial score (nSPS) is 10.7. The molecular formula is C10H10BrNOS. The molecule has 0 atom stereocenters. The molecule has 0 bridgehead atoms. The molecule has 2 nitrogen and oxygen atoms in total. The lowest BCUT2D eigenvalue weighted by Gasteiger charge is -2.08. The molecule has 2 N–H and O–H groups in total. The summed E-state index contributed by atoms with van der Waals surface area (Å²) in [5.41, 5.74) is 7.81. The molecule has 0 radical (unpaired) electrons. The Bertz CT molecular complexity index is 466. The second-order valence-electron chi connectivity index (χ2n) is 2.96. The van der Waals surface area contributed by atoms with E-state index in [0.717, 1.165) is 15.8 Å². The van der Waals surface area contributed by atoms with Gasteiger partial charge in [0.1, 0.15) is 0 Å². The number of hydrogen-bond acceptors (Lipinski definition) is 3. The fourth-order valence-corrected chi connectivity index (χ4v) is 2.96. The topological polar surface area (TPSA) is 35.2 Å². The number of thiophene rings is 1. The summed E-state index contributed by atoms with van der Waals surface area (Å²) in [4.78, 5) is 0. The monoisotopic (exact) mass is 271 g/mol. The zero-order chi connectivity index (χ0) is 10.1. The Morgan fingerprint density at radius 1 is 1.57 bits per heavy atom. The summed E-state index contributed by atoms with van der Waals surface area (Å²) in [6.45, 7) is 0. The van der Waals surface area contributed by atoms with E-state index in [9.17, 15) is 0 Å². The second-order valence-corrected chi connectivity index (χ2v) is 4.43. The Labute approximate surface area is 94.8 Å². The average Bonchev–Trinajstić information content (AvgIpc) is 2.65. The molecule has 1 aromatic carbocycles. The van der Waals surface area contributed by atoms with Gasteiger partial charge in [0.25, 0.3) is 0 Å². The number of rotatable bonds is 2. The van der Waals surface area contributed by atoms with Gasteiger partial charge in [0.2, 0.25) is 0 Å². The minimum atomic E-state index is 0.705. The zero-order valence-electron chi connectivity index (χ0n) is 7.71. The van der Waals surface area contributed by atoms with Gasteiger partial charge in [0.05, 0.1) is 17.5 Å². The summed E-state index contributed by atoms with van der Waals surface area (Å²) in [5, 5.41) is 4.09. The molecule has 2 aromatic rings. The third kappa shape index (κ3) is 1.38. The molecule has 1 aromatic heterocycles. The van der Waals surface area contributed by atoms with Gasteiger partial charge in [-0.1, -0.05) is 15.9 Å². The first kappa shape index (κ1) is 9.80. The molecule has 0 unspecified atom stereocenters. The molecule has 0 amide bonds. The number of benzene rings is 1. The highest BCUT2D eigenvalue weighted by molar-refractivity contribution is 9.08. The predicted octanol–water partition coefficient (Wildman–Crippen LogP) is 3.39. The number of anilines is 1. The molecule has 0 saturated heterocycles. The van der Waals surface area contributed by atoms with E-state index in [1.54, 1.807) is 18.4 Å². The Balaban J connectivity index is 2.81. The first-order valence-electron chi connectivity index (χ1n) is 4.16. The minimum absolute atomic E-state index is 0.705. The van der Waals surface area contributed by atoms with E-state index in [0.29, 0.717) is 5.69 Å². The van der Waals surface area contributed by atoms with Crippen LogP contribution in [0, 0.1) is 0 Å². The Hall–Kier alpha value is -0.740. The molecule has 0 aliphatic heterocycles. The number of alkyl halides is 1. The van der Waals surface area contributed by atoms with E-state index in [2.05, 4.69) is 27.4 Å². The van der Waals surface area contributed by atoms with Gasteiger partial charge in [0, 0.05) is 10.7 Å². The van der Waals surface area contributed by atoms with Gasteiger partial charge in [-0.05, 0) is 23.1 Å². The Morgan fingerprint density at radius 2 is 2.36 bits per heavy atom. The van der Waals surface area contributed by atoms with Crippen molar-refractivity contribution in [3.8, 4) is 5.75 Å². The van der Waals surface area contributed by atoms with Gasteiger partial charge in [-0.25, -0.2) is 0 Å². The van der Waals surface area contributed by atoms with Crippen LogP contribution >= 0.6 is 27.3 Å². The molecule has 1 heterocycles. The first-order chi connectivity index (χ1) is 6.77. The highest BCUT2D eigenvalue weighted by atomic mass is 79.9. The molecule has 14 heavy (non-hydrogen) atoms. The molecule has 4 heteroatoms. The standard InChI is InChI=1S/C10H10BrNOS/c1-13-9-8(12)4-6(5-11)7-2-3-14-10(7)9/h2-4H,5,12H2,1H3. The van der Waals surface area contributed by atoms with Crippen LogP contribution in [-0.4, -0.2) is 7.11 Å². The summed E-state index contributed by atoms with van der Waals surface area (Å²) < 4.78 is 6.41. The summed E-state index contributed by atoms with van der Waals surface area (Å²) in [6, 6.07) is 4.06. The van der Waals surface area contributed by atoms with Gasteiger partial charge < -0.3 is 10.5 Å². The van der Waals surface area contributed by atoms with E-state index < -0.39 is 0 Å². The lowest BCUT2D eigenvalue weighted by atomic mass is 10.1. The fourth-order valence-electron chi connectivity index (χ4n) is 1.52. The van der Waals surface area contributed by atoms with E-state index in [1.807, 2.05) is 6.07 Å². The number of nitrogens with two attached hydrogens (primary N) is 1. The van der Waals surface area contributed by atoms with Crippen molar-refractivity contribution in [2.45, 2.75) is 5.33 Å². The highest BCUT2D eigenvalue weighted by Gasteiger charge is 2.10. The van der Waals surface area contributed by atoms with E-state index in [-0.39, 0.29) is 0 Å². The van der Waals surface area contributed by atoms with Crippen molar-refractivity contribution in [1.82, 2.24) is 0 Å². The molecule has 0 spiro atoms. The van der Waals surface area contributed by atoms with Crippen LogP contribution in [0.25, 0.3) is 10.1 Å². The molecule has 2 rings (SSSR count). The largest absolute Gasteiger partial charge is 0.493 e. The van der Waals surface area contributed by atoms with Crippen LogP contribution in [0.15, 0.2) is 17.5 Å². The number of ether oxygens (including phenoxy) is 1. The Kier molecular flexibility index (Phi) is 2.65. The molecular weight excluding hydrogens is 262 g/mol. The third-order valence-corrected chi connectivity index (χ3v) is 3.67. The fraction of sp³-hybridized carbons (Fsp3) is 0.200. The van der Waals surface area contributed by atoms with Crippen LogP contribution in [0.2, 0.25) is 0 Å². The van der Waals surface area contributed by atoms with Crippen LogP contribution in [0.5, 0.6) is 5.75 Å². The highest BCUT2D eigenvalue weighted by Crippen LogP contribution is 2.38. The average molecular weight is 272 g/mol. The van der Waals surface area contributed by atoms with Crippen LogP contribution in [-0.2, 0) is 5.33 Å². The van der Waals surface area contributed by atoms with Gasteiger partial charge >= 0.3 is 0 Å². The molecule has 0 aliphatic rings. The minimum Gasteiger partial charge on any atom is -0.493 e. The van der Waals surface area contributed by atoms with Gasteiger partial charge in [-0.15, -0.1) is 11.3 Å². The van der Waals surface area contributed by atoms with E-state index in [1.165, 1.54) is 10.9 Å². The van der Waals surface area contributed by atoms with Crippen LogP contribution in [0.3, 0.4) is 0 Å². The zero-order valence-corrected chi connectivity index (χ0v) is 10.1. The smallest absolute Gasteiger partial charge is 0.159 e. The number of nitrogen functional groups attached to an aromatic ring is 1. The first-order valence-corrected chi connectivity index (χ1v) is 6.16. The molecule has 74 valence electrons. The van der Waals surface area contributed by atoms with Crippen LogP contribution in [0.4, 0.5) is 5.69 Å². The summed E-state index contributed by atoms with van der Waals surface area (Å²) in [7, 11) is 1.65.